The van der Waals surface area contributed by atoms with Crippen molar-refractivity contribution in [3.63, 3.8) is 0 Å². The number of nitrogens with one attached hydrogen (secondary N) is 2. The second-order valence-electron chi connectivity index (χ2n) is 7.76. The van der Waals surface area contributed by atoms with Gasteiger partial charge in [-0.3, -0.25) is 8.98 Å². The van der Waals surface area contributed by atoms with Crippen LogP contribution in [0.2, 0.25) is 9.36 Å². The van der Waals surface area contributed by atoms with E-state index in [0.29, 0.717) is 9.92 Å². The van der Waals surface area contributed by atoms with E-state index in [-0.39, 0.29) is 38.3 Å². The van der Waals surface area contributed by atoms with Crippen LogP contribution < -0.4 is 10.0 Å². The fraction of sp³-hybridized carbons (Fsp3) is 0.286. The highest BCUT2D eigenvalue weighted by molar-refractivity contribution is 7.85. The number of hydrogen-bond donors (Lipinski definition) is 3. The Hall–Kier alpha value is -1.97. The Morgan fingerprint density at radius 2 is 2.06 bits per heavy atom. The van der Waals surface area contributed by atoms with Crippen molar-refractivity contribution in [2.45, 2.75) is 40.9 Å². The number of anilines is 1. The first kappa shape index (κ1) is 27.1. The minimum absolute atomic E-state index is 0.136. The number of aliphatic hydroxyl groups excluding tert-OH is 1. The van der Waals surface area contributed by atoms with Crippen molar-refractivity contribution in [2.24, 2.45) is 0 Å². The summed E-state index contributed by atoms with van der Waals surface area (Å²) in [5.74, 6) is -0.241. The van der Waals surface area contributed by atoms with Crippen molar-refractivity contribution < 1.29 is 26.7 Å². The molecule has 2 aromatic heterocycles. The van der Waals surface area contributed by atoms with E-state index < -0.39 is 45.1 Å². The maximum absolute atomic E-state index is 13.3. The molecule has 4 atom stereocenters. The number of benzene rings is 1. The molecular weight excluding hydrogens is 571 g/mol. The van der Waals surface area contributed by atoms with Crippen molar-refractivity contribution in [2.75, 3.05) is 12.4 Å². The van der Waals surface area contributed by atoms with E-state index in [2.05, 4.69) is 15.3 Å². The van der Waals surface area contributed by atoms with Gasteiger partial charge < -0.3 is 10.4 Å². The molecule has 1 unspecified atom stereocenters. The van der Waals surface area contributed by atoms with Crippen LogP contribution in [0.15, 0.2) is 52.6 Å². The van der Waals surface area contributed by atoms with Crippen molar-refractivity contribution in [1.82, 2.24) is 14.7 Å². The summed E-state index contributed by atoms with van der Waals surface area (Å²) in [6.07, 6.45) is 0.935. The van der Waals surface area contributed by atoms with Crippen molar-refractivity contribution in [1.29, 1.82) is 0 Å². The fourth-order valence-corrected chi connectivity index (χ4v) is 7.26. The Kier molecular flexibility index (Phi) is 8.42. The van der Waals surface area contributed by atoms with Gasteiger partial charge in [0.1, 0.15) is 22.6 Å². The van der Waals surface area contributed by atoms with Crippen LogP contribution in [0.3, 0.4) is 0 Å². The van der Waals surface area contributed by atoms with Crippen LogP contribution >= 0.6 is 34.5 Å². The second-order valence-corrected chi connectivity index (χ2v) is 12.8. The molecule has 3 N–H and O–H groups in total. The smallest absolute Gasteiger partial charge is 0.335 e. The molecule has 10 nitrogen and oxygen atoms in total. The summed E-state index contributed by atoms with van der Waals surface area (Å²) in [5, 5.41) is 13.7. The molecule has 36 heavy (non-hydrogen) atoms. The molecule has 4 rings (SSSR count). The van der Waals surface area contributed by atoms with Gasteiger partial charge in [-0.25, -0.2) is 14.2 Å². The maximum Gasteiger partial charge on any atom is 0.335 e. The Morgan fingerprint density at radius 1 is 1.28 bits per heavy atom. The quantitative estimate of drug-likeness (QED) is 0.320. The minimum Gasteiger partial charge on any atom is -0.390 e. The molecule has 0 aliphatic heterocycles. The zero-order valence-electron chi connectivity index (χ0n) is 18.6. The highest BCUT2D eigenvalue weighted by atomic mass is 35.5. The third-order valence-electron chi connectivity index (χ3n) is 5.36. The third kappa shape index (κ3) is 6.11. The molecule has 1 aliphatic carbocycles. The molecule has 0 saturated heterocycles. The Labute approximate surface area is 223 Å². The normalized spacial score (nSPS) is 20.8. The summed E-state index contributed by atoms with van der Waals surface area (Å²) in [6.45, 7) is 0. The number of aliphatic hydroxyl groups is 1. The van der Waals surface area contributed by atoms with E-state index in [0.717, 1.165) is 11.3 Å². The van der Waals surface area contributed by atoms with E-state index >= 15 is 0 Å². The third-order valence-corrected chi connectivity index (χ3v) is 9.60. The molecule has 1 aromatic carbocycles. The van der Waals surface area contributed by atoms with Crippen LogP contribution in [0, 0.1) is 0 Å². The molecule has 1 aliphatic rings. The van der Waals surface area contributed by atoms with Gasteiger partial charge in [-0.1, -0.05) is 29.3 Å². The van der Waals surface area contributed by atoms with E-state index in [9.17, 15) is 22.5 Å². The lowest BCUT2D eigenvalue weighted by atomic mass is 10.1. The summed E-state index contributed by atoms with van der Waals surface area (Å²) in [6, 6.07) is 7.60. The molecule has 1 saturated carbocycles. The molecule has 3 aromatic rings. The van der Waals surface area contributed by atoms with Gasteiger partial charge in [-0.05, 0) is 37.1 Å². The van der Waals surface area contributed by atoms with E-state index in [1.807, 2.05) is 4.72 Å². The van der Waals surface area contributed by atoms with Crippen molar-refractivity contribution >= 4 is 67.2 Å². The van der Waals surface area contributed by atoms with Crippen LogP contribution in [0.1, 0.15) is 28.1 Å². The summed E-state index contributed by atoms with van der Waals surface area (Å²) in [4.78, 5) is 22.4. The lowest BCUT2D eigenvalue weighted by molar-refractivity contribution is 0.0636. The molecule has 15 heteroatoms. The second kappa shape index (κ2) is 11.2. The Balaban J connectivity index is 1.54. The molecule has 1 fully saturated rings. The van der Waals surface area contributed by atoms with Crippen LogP contribution in [0.5, 0.6) is 0 Å². The van der Waals surface area contributed by atoms with Crippen LogP contribution in [-0.4, -0.2) is 58.8 Å². The van der Waals surface area contributed by atoms with Crippen molar-refractivity contribution in [3.8, 4) is 0 Å². The van der Waals surface area contributed by atoms with E-state index in [1.165, 1.54) is 25.6 Å². The lowest BCUT2D eigenvalue weighted by Crippen LogP contribution is -2.31. The van der Waals surface area contributed by atoms with E-state index in [4.69, 9.17) is 27.4 Å². The number of thiophene rings is 1. The summed E-state index contributed by atoms with van der Waals surface area (Å²) in [5.41, 5.74) is 0.136. The zero-order valence-corrected chi connectivity index (χ0v) is 22.5. The number of rotatable bonds is 9. The van der Waals surface area contributed by atoms with Crippen LogP contribution in [0.25, 0.3) is 0 Å². The number of nitrogens with zero attached hydrogens (tertiary/aromatic N) is 2. The monoisotopic (exact) mass is 590 g/mol. The number of aromatic nitrogens is 2. The van der Waals surface area contributed by atoms with Gasteiger partial charge in [0.25, 0.3) is 0 Å². The van der Waals surface area contributed by atoms with Gasteiger partial charge in [-0.2, -0.15) is 13.1 Å². The number of halogens is 2. The number of carbonyl (C=O) groups excluding carboxylic acids is 1. The molecule has 0 bridgehead atoms. The predicted octanol–water partition coefficient (Wildman–Crippen LogP) is 3.03. The number of hydrogen-bond acceptors (Lipinski definition) is 10. The molecule has 0 radical (unpaired) electrons. The minimum atomic E-state index is -3.98. The summed E-state index contributed by atoms with van der Waals surface area (Å²) >= 11 is 13.3. The first-order valence-electron chi connectivity index (χ1n) is 10.5. The zero-order chi connectivity index (χ0) is 26.0. The summed E-state index contributed by atoms with van der Waals surface area (Å²) < 4.78 is 43.6. The van der Waals surface area contributed by atoms with Gasteiger partial charge in [0.05, 0.1) is 32.2 Å². The molecule has 0 amide bonds. The fourth-order valence-electron chi connectivity index (χ4n) is 3.65. The topological polar surface area (TPSA) is 148 Å². The first-order chi connectivity index (χ1) is 17.1. The standard InChI is InChI=1S/C21H20Cl2N4O6S3/c1-24-36(31,32)33-16-7-12(6-15(16)28)27-21-14(9-25-10-26-21)19(29)17-8-18(20(23)34-17)35(30)13-4-2-3-11(22)5-13/h2-5,8-10,12,15-16,24,28H,6-7H2,1H3,(H,25,26,27)/t12-,15+,16-,35?/m1/s1. The van der Waals surface area contributed by atoms with Gasteiger partial charge in [0, 0.05) is 29.2 Å². The van der Waals surface area contributed by atoms with Gasteiger partial charge in [-0.15, -0.1) is 11.3 Å². The average molecular weight is 592 g/mol. The highest BCUT2D eigenvalue weighted by Gasteiger charge is 2.37. The van der Waals surface area contributed by atoms with Crippen LogP contribution in [0.4, 0.5) is 5.82 Å². The summed E-state index contributed by atoms with van der Waals surface area (Å²) in [7, 11) is -4.42. The first-order valence-corrected chi connectivity index (χ1v) is 14.6. The SMILES string of the molecule is CNS(=O)(=O)O[C@@H]1C[C@H](Nc2ncncc2C(=O)c2cc(S(=O)c3cccc(Cl)c3)c(Cl)s2)C[C@@H]1O. The molecule has 192 valence electrons. The number of carbonyl (C=O) groups is 1. The molecular formula is C21H20Cl2N4O6S3. The van der Waals surface area contributed by atoms with Gasteiger partial charge >= 0.3 is 10.3 Å². The molecule has 0 spiro atoms. The van der Waals surface area contributed by atoms with Gasteiger partial charge in [0.15, 0.2) is 0 Å². The maximum atomic E-state index is 13.3. The average Bonchev–Trinajstić information content (AvgIpc) is 3.40. The Morgan fingerprint density at radius 3 is 2.78 bits per heavy atom. The Bertz CT molecular complexity index is 1420. The molecule has 2 heterocycles. The van der Waals surface area contributed by atoms with Crippen LogP contribution in [-0.2, 0) is 25.3 Å². The highest BCUT2D eigenvalue weighted by Crippen LogP contribution is 2.35. The van der Waals surface area contributed by atoms with Gasteiger partial charge in [0.2, 0.25) is 5.78 Å². The van der Waals surface area contributed by atoms with E-state index in [1.54, 1.807) is 24.3 Å². The largest absolute Gasteiger partial charge is 0.390 e. The number of ketones is 1. The predicted molar refractivity (Wildman–Crippen MR) is 136 cm³/mol. The van der Waals surface area contributed by atoms with Crippen molar-refractivity contribution in [3.05, 3.63) is 62.7 Å². The lowest BCUT2D eigenvalue weighted by Gasteiger charge is -2.15.